The molecule has 0 amide bonds. The highest BCUT2D eigenvalue weighted by molar-refractivity contribution is 4.88. The second-order valence-corrected chi connectivity index (χ2v) is 6.44. The lowest BCUT2D eigenvalue weighted by molar-refractivity contribution is 0.0241. The maximum absolute atomic E-state index is 2.66. The van der Waals surface area contributed by atoms with Crippen molar-refractivity contribution in [3.63, 3.8) is 0 Å². The fourth-order valence-electron chi connectivity index (χ4n) is 2.25. The minimum absolute atomic E-state index is 0.341. The molecule has 0 saturated carbocycles. The Morgan fingerprint density at radius 3 is 2.00 bits per heavy atom. The van der Waals surface area contributed by atoms with Gasteiger partial charge in [0.2, 0.25) is 0 Å². The quantitative estimate of drug-likeness (QED) is 0.724. The Bertz CT molecular complexity index is 216. The fourth-order valence-corrected chi connectivity index (χ4v) is 2.25. The molecule has 1 aliphatic heterocycles. The third-order valence-electron chi connectivity index (χ3n) is 4.46. The Morgan fingerprint density at radius 2 is 1.59 bits per heavy atom. The molecule has 0 aliphatic carbocycles. The average Bonchev–Trinajstić information content (AvgIpc) is 2.26. The predicted molar refractivity (Wildman–Crippen MR) is 75.5 cm³/mol. The molecule has 0 aromatic carbocycles. The number of hydrogen-bond donors (Lipinski definition) is 0. The third kappa shape index (κ3) is 4.23. The zero-order valence-corrected chi connectivity index (χ0v) is 12.7. The average molecular weight is 241 g/mol. The summed E-state index contributed by atoms with van der Waals surface area (Å²) in [5.41, 5.74) is 0.341. The monoisotopic (exact) mass is 241 g/mol. The van der Waals surface area contributed by atoms with E-state index in [2.05, 4.69) is 56.5 Å². The molecule has 1 saturated heterocycles. The second-order valence-electron chi connectivity index (χ2n) is 6.44. The van der Waals surface area contributed by atoms with Crippen molar-refractivity contribution in [2.45, 2.75) is 33.2 Å². The first-order valence-corrected chi connectivity index (χ1v) is 6.96. The van der Waals surface area contributed by atoms with Crippen LogP contribution in [0.1, 0.15) is 27.7 Å². The van der Waals surface area contributed by atoms with Crippen LogP contribution in [0.15, 0.2) is 0 Å². The molecule has 0 N–H and O–H groups in total. The van der Waals surface area contributed by atoms with Crippen LogP contribution in [0, 0.1) is 5.92 Å². The van der Waals surface area contributed by atoms with Crippen LogP contribution in [0.2, 0.25) is 0 Å². The van der Waals surface area contributed by atoms with E-state index in [1.807, 2.05) is 0 Å². The van der Waals surface area contributed by atoms with Gasteiger partial charge < -0.3 is 4.90 Å². The van der Waals surface area contributed by atoms with Crippen LogP contribution >= 0.6 is 0 Å². The maximum atomic E-state index is 2.66. The number of hydrogen-bond acceptors (Lipinski definition) is 3. The predicted octanol–water partition coefficient (Wildman–Crippen LogP) is 1.60. The summed E-state index contributed by atoms with van der Waals surface area (Å²) in [4.78, 5) is 7.52. The normalized spacial score (nSPS) is 20.5. The van der Waals surface area contributed by atoms with Crippen molar-refractivity contribution < 1.29 is 0 Å². The molecule has 0 unspecified atom stereocenters. The summed E-state index contributed by atoms with van der Waals surface area (Å²) >= 11 is 0. The summed E-state index contributed by atoms with van der Waals surface area (Å²) in [5.74, 6) is 0.718. The molecule has 3 nitrogen and oxygen atoms in total. The second kappa shape index (κ2) is 6.17. The number of rotatable bonds is 5. The molecule has 1 fully saturated rings. The molecule has 0 bridgehead atoms. The SMILES string of the molecule is CC(C)C(C)(C)N1CCN(CCN(C)C)CC1. The van der Waals surface area contributed by atoms with Crippen molar-refractivity contribution in [1.29, 1.82) is 0 Å². The van der Waals surface area contributed by atoms with E-state index in [1.54, 1.807) is 0 Å². The highest BCUT2D eigenvalue weighted by atomic mass is 15.3. The Morgan fingerprint density at radius 1 is 1.06 bits per heavy atom. The van der Waals surface area contributed by atoms with E-state index in [0.717, 1.165) is 5.92 Å². The highest BCUT2D eigenvalue weighted by Crippen LogP contribution is 2.24. The minimum atomic E-state index is 0.341. The summed E-state index contributed by atoms with van der Waals surface area (Å²) in [6.45, 7) is 16.7. The van der Waals surface area contributed by atoms with Crippen LogP contribution < -0.4 is 0 Å². The van der Waals surface area contributed by atoms with Crippen LogP contribution in [-0.2, 0) is 0 Å². The molecule has 102 valence electrons. The van der Waals surface area contributed by atoms with Crippen molar-refractivity contribution >= 4 is 0 Å². The molecule has 0 radical (unpaired) electrons. The zero-order valence-electron chi connectivity index (χ0n) is 12.7. The van der Waals surface area contributed by atoms with Crippen molar-refractivity contribution in [3.05, 3.63) is 0 Å². The van der Waals surface area contributed by atoms with Gasteiger partial charge in [0.25, 0.3) is 0 Å². The summed E-state index contributed by atoms with van der Waals surface area (Å²) in [5, 5.41) is 0. The fraction of sp³-hybridized carbons (Fsp3) is 1.00. The van der Waals surface area contributed by atoms with Crippen molar-refractivity contribution in [3.8, 4) is 0 Å². The first kappa shape index (κ1) is 14.9. The molecule has 0 spiro atoms. The van der Waals surface area contributed by atoms with Gasteiger partial charge in [-0.1, -0.05) is 13.8 Å². The standard InChI is InChI=1S/C14H31N3/c1-13(2)14(3,4)17-11-9-16(10-12-17)8-7-15(5)6/h13H,7-12H2,1-6H3. The molecule has 0 aromatic heterocycles. The zero-order chi connectivity index (χ0) is 13.1. The van der Waals surface area contributed by atoms with E-state index < -0.39 is 0 Å². The number of likely N-dealkylation sites (N-methyl/N-ethyl adjacent to an activating group) is 1. The molecule has 1 heterocycles. The van der Waals surface area contributed by atoms with E-state index in [4.69, 9.17) is 0 Å². The van der Waals surface area contributed by atoms with E-state index in [-0.39, 0.29) is 0 Å². The van der Waals surface area contributed by atoms with Gasteiger partial charge in [-0.25, -0.2) is 0 Å². The minimum Gasteiger partial charge on any atom is -0.308 e. The van der Waals surface area contributed by atoms with Crippen molar-refractivity contribution in [2.24, 2.45) is 5.92 Å². The Hall–Kier alpha value is -0.120. The molecule has 1 rings (SSSR count). The molecule has 0 atom stereocenters. The van der Waals surface area contributed by atoms with Gasteiger partial charge in [0.15, 0.2) is 0 Å². The van der Waals surface area contributed by atoms with Crippen molar-refractivity contribution in [2.75, 3.05) is 53.4 Å². The van der Waals surface area contributed by atoms with E-state index in [0.29, 0.717) is 5.54 Å². The smallest absolute Gasteiger partial charge is 0.0177 e. The van der Waals surface area contributed by atoms with Crippen LogP contribution in [-0.4, -0.2) is 73.6 Å². The molecule has 17 heavy (non-hydrogen) atoms. The molecule has 0 aromatic rings. The van der Waals surface area contributed by atoms with Gasteiger partial charge in [0.1, 0.15) is 0 Å². The van der Waals surface area contributed by atoms with Crippen molar-refractivity contribution in [1.82, 2.24) is 14.7 Å². The highest BCUT2D eigenvalue weighted by Gasteiger charge is 2.32. The topological polar surface area (TPSA) is 9.72 Å². The summed E-state index contributed by atoms with van der Waals surface area (Å²) < 4.78 is 0. The van der Waals surface area contributed by atoms with Gasteiger partial charge in [0, 0.05) is 44.8 Å². The van der Waals surface area contributed by atoms with Gasteiger partial charge in [0.05, 0.1) is 0 Å². The number of nitrogens with zero attached hydrogens (tertiary/aromatic N) is 3. The van der Waals surface area contributed by atoms with E-state index >= 15 is 0 Å². The largest absolute Gasteiger partial charge is 0.308 e. The van der Waals surface area contributed by atoms with Crippen LogP contribution in [0.4, 0.5) is 0 Å². The summed E-state index contributed by atoms with van der Waals surface area (Å²) in [6.07, 6.45) is 0. The lowest BCUT2D eigenvalue weighted by atomic mass is 9.88. The van der Waals surface area contributed by atoms with E-state index in [1.165, 1.54) is 39.3 Å². The lowest BCUT2D eigenvalue weighted by Gasteiger charge is -2.46. The van der Waals surface area contributed by atoms with Gasteiger partial charge >= 0.3 is 0 Å². The Labute approximate surface area is 108 Å². The first-order chi connectivity index (χ1) is 7.84. The molecular weight excluding hydrogens is 210 g/mol. The van der Waals surface area contributed by atoms with Crippen LogP contribution in [0.5, 0.6) is 0 Å². The maximum Gasteiger partial charge on any atom is 0.0177 e. The summed E-state index contributed by atoms with van der Waals surface area (Å²) in [6, 6.07) is 0. The van der Waals surface area contributed by atoms with Crippen LogP contribution in [0.3, 0.4) is 0 Å². The molecular formula is C14H31N3. The van der Waals surface area contributed by atoms with Gasteiger partial charge in [-0.2, -0.15) is 0 Å². The third-order valence-corrected chi connectivity index (χ3v) is 4.46. The number of piperazine rings is 1. The van der Waals surface area contributed by atoms with Gasteiger partial charge in [-0.15, -0.1) is 0 Å². The van der Waals surface area contributed by atoms with Gasteiger partial charge in [-0.3, -0.25) is 9.80 Å². The van der Waals surface area contributed by atoms with Gasteiger partial charge in [-0.05, 0) is 33.9 Å². The van der Waals surface area contributed by atoms with E-state index in [9.17, 15) is 0 Å². The molecule has 1 aliphatic rings. The van der Waals surface area contributed by atoms with Crippen LogP contribution in [0.25, 0.3) is 0 Å². The lowest BCUT2D eigenvalue weighted by Crippen LogP contribution is -2.57. The summed E-state index contributed by atoms with van der Waals surface area (Å²) in [7, 11) is 4.30. The first-order valence-electron chi connectivity index (χ1n) is 6.96. The molecule has 3 heteroatoms. The Kier molecular flexibility index (Phi) is 5.42. The Balaban J connectivity index is 2.35.